The predicted molar refractivity (Wildman–Crippen MR) is 75.5 cm³/mol. The smallest absolute Gasteiger partial charge is 0.0388 e. The Hall–Kier alpha value is -1.12. The lowest BCUT2D eigenvalue weighted by molar-refractivity contribution is 0.482. The molecule has 0 saturated carbocycles. The summed E-state index contributed by atoms with van der Waals surface area (Å²) in [5.74, 6) is 0. The molecule has 1 unspecified atom stereocenters. The normalized spacial score (nSPS) is 14.5. The van der Waals surface area contributed by atoms with Crippen LogP contribution in [-0.2, 0) is 6.42 Å². The molecule has 2 rings (SSSR count). The molecule has 0 aliphatic heterocycles. The van der Waals surface area contributed by atoms with E-state index in [0.717, 1.165) is 6.42 Å². The van der Waals surface area contributed by atoms with E-state index in [0.29, 0.717) is 12.1 Å². The second kappa shape index (κ2) is 5.99. The molecule has 2 aromatic rings. The molecule has 2 heteroatoms. The Kier molecular flexibility index (Phi) is 4.35. The number of hydrogen-bond donors (Lipinski definition) is 1. The van der Waals surface area contributed by atoms with Gasteiger partial charge in [0.2, 0.25) is 0 Å². The van der Waals surface area contributed by atoms with Crippen LogP contribution in [0.3, 0.4) is 0 Å². The summed E-state index contributed by atoms with van der Waals surface area (Å²) in [4.78, 5) is 1.41. The van der Waals surface area contributed by atoms with Gasteiger partial charge in [-0.05, 0) is 37.3 Å². The van der Waals surface area contributed by atoms with Crippen LogP contribution in [0, 0.1) is 0 Å². The SMILES string of the molecule is CC(Cc1ccccc1)N[C@@H](C)c1cccs1. The van der Waals surface area contributed by atoms with Crippen LogP contribution in [0.25, 0.3) is 0 Å². The lowest BCUT2D eigenvalue weighted by atomic mass is 10.1. The van der Waals surface area contributed by atoms with E-state index < -0.39 is 0 Å². The molecule has 1 aromatic heterocycles. The van der Waals surface area contributed by atoms with Crippen LogP contribution in [0.2, 0.25) is 0 Å². The fourth-order valence-corrected chi connectivity index (χ4v) is 2.82. The number of rotatable bonds is 5. The van der Waals surface area contributed by atoms with Gasteiger partial charge >= 0.3 is 0 Å². The van der Waals surface area contributed by atoms with Gasteiger partial charge in [-0.1, -0.05) is 36.4 Å². The Morgan fingerprint density at radius 2 is 1.82 bits per heavy atom. The van der Waals surface area contributed by atoms with Gasteiger partial charge in [0.1, 0.15) is 0 Å². The molecule has 0 saturated heterocycles. The van der Waals surface area contributed by atoms with Crippen molar-refractivity contribution >= 4 is 11.3 Å². The second-order valence-electron chi connectivity index (χ2n) is 4.49. The lowest BCUT2D eigenvalue weighted by Crippen LogP contribution is -2.30. The molecule has 0 aliphatic rings. The zero-order valence-corrected chi connectivity index (χ0v) is 11.2. The van der Waals surface area contributed by atoms with Crippen LogP contribution < -0.4 is 5.32 Å². The Bertz CT molecular complexity index is 421. The molecule has 1 heterocycles. The molecule has 0 aliphatic carbocycles. The van der Waals surface area contributed by atoms with E-state index in [-0.39, 0.29) is 0 Å². The third-order valence-electron chi connectivity index (χ3n) is 2.89. The van der Waals surface area contributed by atoms with Crippen LogP contribution in [-0.4, -0.2) is 6.04 Å². The van der Waals surface area contributed by atoms with E-state index in [1.165, 1.54) is 10.4 Å². The molecular weight excluding hydrogens is 226 g/mol. The van der Waals surface area contributed by atoms with Crippen LogP contribution in [0.5, 0.6) is 0 Å². The topological polar surface area (TPSA) is 12.0 Å². The summed E-state index contributed by atoms with van der Waals surface area (Å²) in [6.45, 7) is 4.48. The van der Waals surface area contributed by atoms with E-state index in [9.17, 15) is 0 Å². The minimum atomic E-state index is 0.439. The van der Waals surface area contributed by atoms with Crippen molar-refractivity contribution in [1.82, 2.24) is 5.32 Å². The third-order valence-corrected chi connectivity index (χ3v) is 3.94. The summed E-state index contributed by atoms with van der Waals surface area (Å²) in [5, 5.41) is 5.78. The molecule has 17 heavy (non-hydrogen) atoms. The summed E-state index contributed by atoms with van der Waals surface area (Å²) < 4.78 is 0. The quantitative estimate of drug-likeness (QED) is 0.838. The molecule has 1 N–H and O–H groups in total. The van der Waals surface area contributed by atoms with Gasteiger partial charge in [-0.3, -0.25) is 0 Å². The first kappa shape index (κ1) is 12.3. The van der Waals surface area contributed by atoms with Gasteiger partial charge in [-0.25, -0.2) is 0 Å². The highest BCUT2D eigenvalue weighted by Crippen LogP contribution is 2.19. The van der Waals surface area contributed by atoms with Crippen molar-refractivity contribution in [3.63, 3.8) is 0 Å². The zero-order valence-electron chi connectivity index (χ0n) is 10.4. The Morgan fingerprint density at radius 3 is 2.47 bits per heavy atom. The molecule has 0 spiro atoms. The fraction of sp³-hybridized carbons (Fsp3) is 0.333. The molecule has 1 nitrogen and oxygen atoms in total. The highest BCUT2D eigenvalue weighted by Gasteiger charge is 2.10. The largest absolute Gasteiger partial charge is 0.307 e. The van der Waals surface area contributed by atoms with Crippen LogP contribution >= 0.6 is 11.3 Å². The second-order valence-corrected chi connectivity index (χ2v) is 5.47. The average Bonchev–Trinajstić information content (AvgIpc) is 2.83. The van der Waals surface area contributed by atoms with Gasteiger partial charge in [0.25, 0.3) is 0 Å². The molecule has 0 bridgehead atoms. The van der Waals surface area contributed by atoms with Crippen molar-refractivity contribution in [2.45, 2.75) is 32.4 Å². The third kappa shape index (κ3) is 3.69. The van der Waals surface area contributed by atoms with Gasteiger partial charge in [0, 0.05) is 17.0 Å². The summed E-state index contributed by atoms with van der Waals surface area (Å²) in [6, 6.07) is 15.9. The van der Waals surface area contributed by atoms with Crippen molar-refractivity contribution in [1.29, 1.82) is 0 Å². The Balaban J connectivity index is 1.87. The maximum Gasteiger partial charge on any atom is 0.0388 e. The van der Waals surface area contributed by atoms with Gasteiger partial charge in [0.15, 0.2) is 0 Å². The monoisotopic (exact) mass is 245 g/mol. The van der Waals surface area contributed by atoms with Crippen molar-refractivity contribution in [2.24, 2.45) is 0 Å². The van der Waals surface area contributed by atoms with Gasteiger partial charge in [-0.2, -0.15) is 0 Å². The molecule has 2 atom stereocenters. The van der Waals surface area contributed by atoms with E-state index >= 15 is 0 Å². The molecule has 0 amide bonds. The highest BCUT2D eigenvalue weighted by atomic mass is 32.1. The zero-order chi connectivity index (χ0) is 12.1. The van der Waals surface area contributed by atoms with Crippen molar-refractivity contribution in [2.75, 3.05) is 0 Å². The van der Waals surface area contributed by atoms with Crippen molar-refractivity contribution in [3.05, 3.63) is 58.3 Å². The van der Waals surface area contributed by atoms with Crippen molar-refractivity contribution < 1.29 is 0 Å². The minimum absolute atomic E-state index is 0.439. The molecule has 1 aromatic carbocycles. The van der Waals surface area contributed by atoms with E-state index in [1.807, 2.05) is 11.3 Å². The van der Waals surface area contributed by atoms with Crippen LogP contribution in [0.1, 0.15) is 30.3 Å². The average molecular weight is 245 g/mol. The number of benzene rings is 1. The maximum absolute atomic E-state index is 3.64. The predicted octanol–water partition coefficient (Wildman–Crippen LogP) is 4.03. The molecule has 0 radical (unpaired) electrons. The Morgan fingerprint density at radius 1 is 1.06 bits per heavy atom. The number of thiophene rings is 1. The number of hydrogen-bond acceptors (Lipinski definition) is 2. The standard InChI is InChI=1S/C15H19NS/c1-12(11-14-7-4-3-5-8-14)16-13(2)15-9-6-10-17-15/h3-10,12-13,16H,11H2,1-2H3/t12?,13-/m0/s1. The number of nitrogens with one attached hydrogen (secondary N) is 1. The van der Waals surface area contributed by atoms with Gasteiger partial charge in [-0.15, -0.1) is 11.3 Å². The maximum atomic E-state index is 3.64. The first-order valence-corrected chi connectivity index (χ1v) is 6.97. The van der Waals surface area contributed by atoms with Gasteiger partial charge in [0.05, 0.1) is 0 Å². The van der Waals surface area contributed by atoms with Gasteiger partial charge < -0.3 is 5.32 Å². The summed E-state index contributed by atoms with van der Waals surface area (Å²) in [6.07, 6.45) is 1.08. The lowest BCUT2D eigenvalue weighted by Gasteiger charge is -2.19. The van der Waals surface area contributed by atoms with Crippen LogP contribution in [0.4, 0.5) is 0 Å². The minimum Gasteiger partial charge on any atom is -0.307 e. The van der Waals surface area contributed by atoms with Crippen LogP contribution in [0.15, 0.2) is 47.8 Å². The molecule has 90 valence electrons. The fourth-order valence-electron chi connectivity index (χ4n) is 2.07. The summed E-state index contributed by atoms with van der Waals surface area (Å²) in [5.41, 5.74) is 1.39. The molecule has 0 fully saturated rings. The Labute approximate surface area is 108 Å². The van der Waals surface area contributed by atoms with E-state index in [4.69, 9.17) is 0 Å². The van der Waals surface area contributed by atoms with E-state index in [2.05, 4.69) is 67.0 Å². The van der Waals surface area contributed by atoms with Crippen molar-refractivity contribution in [3.8, 4) is 0 Å². The summed E-state index contributed by atoms with van der Waals surface area (Å²) >= 11 is 1.82. The first-order chi connectivity index (χ1) is 8.25. The van der Waals surface area contributed by atoms with E-state index in [1.54, 1.807) is 0 Å². The molecular formula is C15H19NS. The summed E-state index contributed by atoms with van der Waals surface area (Å²) in [7, 11) is 0. The first-order valence-electron chi connectivity index (χ1n) is 6.09. The highest BCUT2D eigenvalue weighted by molar-refractivity contribution is 7.10.